The largest absolute Gasteiger partial charge is 0.481 e. The van der Waals surface area contributed by atoms with Crippen LogP contribution in [0.25, 0.3) is 0 Å². The Morgan fingerprint density at radius 1 is 1.33 bits per heavy atom. The first-order valence-electron chi connectivity index (χ1n) is 4.44. The van der Waals surface area contributed by atoms with E-state index in [4.69, 9.17) is 16.6 Å². The molecule has 0 saturated heterocycles. The number of carboxylic acid groups (broad SMARTS) is 1. The first kappa shape index (κ1) is 16.6. The number of carbonyl (C=O) groups is 2. The van der Waals surface area contributed by atoms with Gasteiger partial charge in [-0.05, 0) is 11.8 Å². The molecule has 0 radical (unpaired) electrons. The molecule has 0 spiro atoms. The molecule has 5 N–H and O–H groups in total. The third-order valence-electron chi connectivity index (χ3n) is 2.20. The lowest BCUT2D eigenvalue weighted by Crippen LogP contribution is -2.42. The molecule has 0 rings (SSSR count). The Balaban J connectivity index is 0. The number of aliphatic carboxylic acids is 1. The predicted molar refractivity (Wildman–Crippen MR) is 59.6 cm³/mol. The van der Waals surface area contributed by atoms with Crippen molar-refractivity contribution in [3.8, 4) is 0 Å². The van der Waals surface area contributed by atoms with E-state index < -0.39 is 29.3 Å². The van der Waals surface area contributed by atoms with E-state index in [0.29, 0.717) is 0 Å². The van der Waals surface area contributed by atoms with Crippen LogP contribution in [0.4, 0.5) is 0 Å². The molecule has 2 atom stereocenters. The fourth-order valence-corrected chi connectivity index (χ4v) is 1.19. The van der Waals surface area contributed by atoms with Crippen LogP contribution in [0.1, 0.15) is 27.2 Å². The molecule has 0 aliphatic heterocycles. The quantitative estimate of drug-likeness (QED) is 0.657. The molecule has 0 saturated carbocycles. The summed E-state index contributed by atoms with van der Waals surface area (Å²) in [5.74, 6) is -2.28. The van der Waals surface area contributed by atoms with Crippen molar-refractivity contribution in [3.05, 3.63) is 0 Å². The second kappa shape index (κ2) is 5.92. The van der Waals surface area contributed by atoms with Crippen LogP contribution in [-0.2, 0) is 9.59 Å². The first-order chi connectivity index (χ1) is 6.16. The zero-order valence-electron chi connectivity index (χ0n) is 9.19. The number of carboxylic acids is 1. The number of rotatable bonds is 4. The van der Waals surface area contributed by atoms with Crippen molar-refractivity contribution < 1.29 is 14.7 Å². The highest BCUT2D eigenvalue weighted by molar-refractivity contribution is 5.85. The van der Waals surface area contributed by atoms with Gasteiger partial charge in [-0.1, -0.05) is 20.8 Å². The van der Waals surface area contributed by atoms with Gasteiger partial charge in [0.05, 0.1) is 12.0 Å². The average molecular weight is 239 g/mol. The Hall–Kier alpha value is -0.810. The van der Waals surface area contributed by atoms with Crippen molar-refractivity contribution in [2.75, 3.05) is 0 Å². The van der Waals surface area contributed by atoms with Crippen LogP contribution in [0.3, 0.4) is 0 Å². The van der Waals surface area contributed by atoms with Crippen molar-refractivity contribution in [2.24, 2.45) is 22.8 Å². The number of primary amides is 1. The lowest BCUT2D eigenvalue weighted by atomic mass is 9.77. The molecule has 0 aromatic heterocycles. The van der Waals surface area contributed by atoms with Crippen LogP contribution in [0.5, 0.6) is 0 Å². The predicted octanol–water partition coefficient (Wildman–Crippen LogP) is 0.358. The molecular formula is C9H19ClN2O3. The molecule has 0 aliphatic rings. The van der Waals surface area contributed by atoms with E-state index in [1.165, 1.54) is 0 Å². The zero-order chi connectivity index (χ0) is 11.5. The van der Waals surface area contributed by atoms with Gasteiger partial charge in [-0.25, -0.2) is 0 Å². The lowest BCUT2D eigenvalue weighted by Gasteiger charge is -2.28. The van der Waals surface area contributed by atoms with E-state index in [1.54, 1.807) is 20.8 Å². The molecule has 2 unspecified atom stereocenters. The van der Waals surface area contributed by atoms with E-state index in [-0.39, 0.29) is 18.8 Å². The molecule has 0 aromatic carbocycles. The van der Waals surface area contributed by atoms with E-state index in [1.807, 2.05) is 0 Å². The van der Waals surface area contributed by atoms with Gasteiger partial charge in [0.1, 0.15) is 0 Å². The number of hydrogen-bond donors (Lipinski definition) is 3. The monoisotopic (exact) mass is 238 g/mol. The van der Waals surface area contributed by atoms with Gasteiger partial charge in [0, 0.05) is 0 Å². The molecule has 0 aromatic rings. The molecular weight excluding hydrogens is 220 g/mol. The molecule has 1 amide bonds. The number of nitrogens with two attached hydrogens (primary N) is 2. The van der Waals surface area contributed by atoms with E-state index in [9.17, 15) is 9.59 Å². The van der Waals surface area contributed by atoms with Crippen LogP contribution in [0.15, 0.2) is 0 Å². The molecule has 0 aliphatic carbocycles. The molecule has 90 valence electrons. The second-order valence-corrected chi connectivity index (χ2v) is 4.50. The summed E-state index contributed by atoms with van der Waals surface area (Å²) in [7, 11) is 0. The van der Waals surface area contributed by atoms with E-state index >= 15 is 0 Å². The van der Waals surface area contributed by atoms with Crippen LogP contribution < -0.4 is 11.5 Å². The highest BCUT2D eigenvalue weighted by Gasteiger charge is 2.33. The lowest BCUT2D eigenvalue weighted by molar-refractivity contribution is -0.146. The third kappa shape index (κ3) is 5.59. The summed E-state index contributed by atoms with van der Waals surface area (Å²) in [6.07, 6.45) is 0.0775. The normalized spacial score (nSPS) is 14.9. The third-order valence-corrected chi connectivity index (χ3v) is 2.20. The highest BCUT2D eigenvalue weighted by Crippen LogP contribution is 2.29. The smallest absolute Gasteiger partial charge is 0.307 e. The Morgan fingerprint density at radius 3 is 1.93 bits per heavy atom. The Bertz CT molecular complexity index is 238. The maximum absolute atomic E-state index is 10.9. The second-order valence-electron chi connectivity index (χ2n) is 4.50. The van der Waals surface area contributed by atoms with Gasteiger partial charge in [-0.15, -0.1) is 12.4 Å². The van der Waals surface area contributed by atoms with Crippen LogP contribution in [0, 0.1) is 11.3 Å². The maximum atomic E-state index is 10.9. The fourth-order valence-electron chi connectivity index (χ4n) is 1.19. The van der Waals surface area contributed by atoms with Crippen molar-refractivity contribution in [1.29, 1.82) is 0 Å². The van der Waals surface area contributed by atoms with Crippen molar-refractivity contribution >= 4 is 24.3 Å². The van der Waals surface area contributed by atoms with Crippen molar-refractivity contribution in [3.63, 3.8) is 0 Å². The van der Waals surface area contributed by atoms with Crippen LogP contribution in [-0.4, -0.2) is 23.0 Å². The minimum absolute atomic E-state index is 0. The summed E-state index contributed by atoms with van der Waals surface area (Å²) in [4.78, 5) is 21.6. The first-order valence-corrected chi connectivity index (χ1v) is 4.44. The topological polar surface area (TPSA) is 106 Å². The summed E-state index contributed by atoms with van der Waals surface area (Å²) in [6, 6.07) is -0.893. The number of halogens is 1. The van der Waals surface area contributed by atoms with Gasteiger partial charge in [0.25, 0.3) is 0 Å². The van der Waals surface area contributed by atoms with Gasteiger partial charge in [-0.2, -0.15) is 0 Å². The summed E-state index contributed by atoms with van der Waals surface area (Å²) in [5.41, 5.74) is 9.95. The van der Waals surface area contributed by atoms with Gasteiger partial charge in [0.2, 0.25) is 5.91 Å². The number of carbonyl (C=O) groups excluding carboxylic acids is 1. The molecule has 5 nitrogen and oxygen atoms in total. The Morgan fingerprint density at radius 2 is 1.73 bits per heavy atom. The Labute approximate surface area is 95.6 Å². The molecule has 0 bridgehead atoms. The van der Waals surface area contributed by atoms with Crippen molar-refractivity contribution in [1.82, 2.24) is 0 Å². The summed E-state index contributed by atoms with van der Waals surface area (Å²) in [6.45, 7) is 5.37. The standard InChI is InChI=1S/C9H18N2O3.ClH/c1-9(2,3)5(8(13)14)4-6(10)7(11)12;/h5-6H,4,10H2,1-3H3,(H2,11,12)(H,13,14);1H. The number of hydrogen-bond acceptors (Lipinski definition) is 3. The zero-order valence-corrected chi connectivity index (χ0v) is 10.0. The van der Waals surface area contributed by atoms with Gasteiger partial charge in [-0.3, -0.25) is 9.59 Å². The summed E-state index contributed by atoms with van der Waals surface area (Å²) in [5, 5.41) is 8.93. The molecule has 0 fully saturated rings. The molecule has 15 heavy (non-hydrogen) atoms. The fraction of sp³-hybridized carbons (Fsp3) is 0.778. The highest BCUT2D eigenvalue weighted by atomic mass is 35.5. The summed E-state index contributed by atoms with van der Waals surface area (Å²) >= 11 is 0. The van der Waals surface area contributed by atoms with Crippen molar-refractivity contribution in [2.45, 2.75) is 33.2 Å². The summed E-state index contributed by atoms with van der Waals surface area (Å²) < 4.78 is 0. The van der Waals surface area contributed by atoms with E-state index in [2.05, 4.69) is 0 Å². The molecule has 0 heterocycles. The van der Waals surface area contributed by atoms with Gasteiger partial charge >= 0.3 is 5.97 Å². The number of amides is 1. The SMILES string of the molecule is CC(C)(C)C(CC(N)C(N)=O)C(=O)O.Cl. The molecule has 6 heteroatoms. The van der Waals surface area contributed by atoms with Gasteiger partial charge < -0.3 is 16.6 Å². The minimum atomic E-state index is -0.950. The Kier molecular flexibility index (Phi) is 6.56. The van der Waals surface area contributed by atoms with Crippen LogP contribution in [0.2, 0.25) is 0 Å². The van der Waals surface area contributed by atoms with Gasteiger partial charge in [0.15, 0.2) is 0 Å². The maximum Gasteiger partial charge on any atom is 0.307 e. The van der Waals surface area contributed by atoms with E-state index in [0.717, 1.165) is 0 Å². The van der Waals surface area contributed by atoms with Crippen LogP contribution >= 0.6 is 12.4 Å². The average Bonchev–Trinajstić information content (AvgIpc) is 1.96. The minimum Gasteiger partial charge on any atom is -0.481 e.